The van der Waals surface area contributed by atoms with Crippen LogP contribution < -0.4 is 5.32 Å². The number of halogens is 2. The van der Waals surface area contributed by atoms with Crippen molar-refractivity contribution in [1.82, 2.24) is 0 Å². The van der Waals surface area contributed by atoms with E-state index in [4.69, 9.17) is 11.6 Å². The van der Waals surface area contributed by atoms with Crippen LogP contribution in [0.4, 0.5) is 10.1 Å². The molecule has 1 N–H and O–H groups in total. The zero-order chi connectivity index (χ0) is 10.7. The second kappa shape index (κ2) is 5.08. The van der Waals surface area contributed by atoms with Crippen molar-refractivity contribution in [2.75, 3.05) is 23.4 Å². The highest BCUT2D eigenvalue weighted by Gasteiger charge is 2.15. The van der Waals surface area contributed by atoms with E-state index < -0.39 is 0 Å². The summed E-state index contributed by atoms with van der Waals surface area (Å²) in [6.45, 7) is 0.929. The van der Waals surface area contributed by atoms with Crippen LogP contribution in [0.1, 0.15) is 6.42 Å². The molecule has 1 unspecified atom stereocenters. The van der Waals surface area contributed by atoms with Crippen molar-refractivity contribution < 1.29 is 4.39 Å². The monoisotopic (exact) mass is 245 g/mol. The average molecular weight is 246 g/mol. The summed E-state index contributed by atoms with van der Waals surface area (Å²) in [5.74, 6) is 2.90. The highest BCUT2D eigenvalue weighted by molar-refractivity contribution is 7.99. The lowest BCUT2D eigenvalue weighted by atomic mass is 10.1. The topological polar surface area (TPSA) is 12.0 Å². The molecular weight excluding hydrogens is 233 g/mol. The van der Waals surface area contributed by atoms with E-state index in [0.717, 1.165) is 18.2 Å². The SMILES string of the molecule is Fc1ccc(NCC2CCSC2)c(Cl)c1. The third kappa shape index (κ3) is 3.02. The van der Waals surface area contributed by atoms with E-state index >= 15 is 0 Å². The summed E-state index contributed by atoms with van der Waals surface area (Å²) in [6, 6.07) is 4.46. The maximum atomic E-state index is 12.8. The summed E-state index contributed by atoms with van der Waals surface area (Å²) in [4.78, 5) is 0. The molecule has 15 heavy (non-hydrogen) atoms. The van der Waals surface area contributed by atoms with Crippen LogP contribution in [0, 0.1) is 11.7 Å². The lowest BCUT2D eigenvalue weighted by Gasteiger charge is -2.12. The molecule has 0 spiro atoms. The van der Waals surface area contributed by atoms with Gasteiger partial charge in [0.2, 0.25) is 0 Å². The largest absolute Gasteiger partial charge is 0.384 e. The Morgan fingerprint density at radius 3 is 3.07 bits per heavy atom. The molecule has 1 aromatic carbocycles. The minimum Gasteiger partial charge on any atom is -0.384 e. The van der Waals surface area contributed by atoms with Crippen molar-refractivity contribution in [1.29, 1.82) is 0 Å². The molecule has 1 atom stereocenters. The van der Waals surface area contributed by atoms with E-state index in [1.807, 2.05) is 11.8 Å². The lowest BCUT2D eigenvalue weighted by Crippen LogP contribution is -2.13. The maximum Gasteiger partial charge on any atom is 0.124 e. The maximum absolute atomic E-state index is 12.8. The van der Waals surface area contributed by atoms with E-state index in [0.29, 0.717) is 5.02 Å². The van der Waals surface area contributed by atoms with Crippen LogP contribution in [0.3, 0.4) is 0 Å². The highest BCUT2D eigenvalue weighted by atomic mass is 35.5. The van der Waals surface area contributed by atoms with Gasteiger partial charge in [0.05, 0.1) is 10.7 Å². The molecule has 1 aliphatic heterocycles. The zero-order valence-electron chi connectivity index (χ0n) is 8.30. The van der Waals surface area contributed by atoms with Gasteiger partial charge in [-0.2, -0.15) is 11.8 Å². The second-order valence-corrected chi connectivity index (χ2v) is 5.29. The standard InChI is InChI=1S/C11H13ClFNS/c12-10-5-9(13)1-2-11(10)14-6-8-3-4-15-7-8/h1-2,5,8,14H,3-4,6-7H2. The average Bonchev–Trinajstić information content (AvgIpc) is 2.69. The van der Waals surface area contributed by atoms with Gasteiger partial charge >= 0.3 is 0 Å². The number of rotatable bonds is 3. The first-order chi connectivity index (χ1) is 7.25. The minimum atomic E-state index is -0.290. The molecule has 1 saturated heterocycles. The van der Waals surface area contributed by atoms with Crippen LogP contribution in [0.15, 0.2) is 18.2 Å². The normalized spacial score (nSPS) is 20.5. The molecule has 1 fully saturated rings. The Morgan fingerprint density at radius 1 is 1.53 bits per heavy atom. The molecule has 1 heterocycles. The van der Waals surface area contributed by atoms with Crippen molar-refractivity contribution in [2.45, 2.75) is 6.42 Å². The van der Waals surface area contributed by atoms with Crippen molar-refractivity contribution in [3.05, 3.63) is 29.0 Å². The fourth-order valence-corrected chi connectivity index (χ4v) is 3.15. The van der Waals surface area contributed by atoms with E-state index in [1.165, 1.54) is 30.1 Å². The van der Waals surface area contributed by atoms with Gasteiger partial charge in [0.1, 0.15) is 5.82 Å². The van der Waals surface area contributed by atoms with Crippen LogP contribution in [-0.4, -0.2) is 18.1 Å². The van der Waals surface area contributed by atoms with Gasteiger partial charge in [0, 0.05) is 6.54 Å². The van der Waals surface area contributed by atoms with E-state index in [1.54, 1.807) is 6.07 Å². The van der Waals surface area contributed by atoms with Crippen molar-refractivity contribution in [3.63, 3.8) is 0 Å². The van der Waals surface area contributed by atoms with Crippen LogP contribution in [0.25, 0.3) is 0 Å². The molecule has 0 aromatic heterocycles. The first-order valence-electron chi connectivity index (χ1n) is 5.02. The van der Waals surface area contributed by atoms with E-state index in [9.17, 15) is 4.39 Å². The minimum absolute atomic E-state index is 0.290. The third-order valence-corrected chi connectivity index (χ3v) is 4.08. The second-order valence-electron chi connectivity index (χ2n) is 3.73. The van der Waals surface area contributed by atoms with E-state index in [-0.39, 0.29) is 5.82 Å². The molecule has 1 nitrogen and oxygen atoms in total. The summed E-state index contributed by atoms with van der Waals surface area (Å²) in [5, 5.41) is 3.73. The van der Waals surface area contributed by atoms with Crippen LogP contribution in [0.2, 0.25) is 5.02 Å². The fraction of sp³-hybridized carbons (Fsp3) is 0.455. The molecule has 1 aromatic rings. The molecule has 2 rings (SSSR count). The number of thioether (sulfide) groups is 1. The number of nitrogens with one attached hydrogen (secondary N) is 1. The number of hydrogen-bond acceptors (Lipinski definition) is 2. The predicted octanol–water partition coefficient (Wildman–Crippen LogP) is 3.64. The van der Waals surface area contributed by atoms with Gasteiger partial charge in [-0.1, -0.05) is 11.6 Å². The van der Waals surface area contributed by atoms with Gasteiger partial charge in [0.25, 0.3) is 0 Å². The Balaban J connectivity index is 1.92. The molecule has 4 heteroatoms. The Kier molecular flexibility index (Phi) is 3.76. The molecule has 0 amide bonds. The smallest absolute Gasteiger partial charge is 0.124 e. The zero-order valence-corrected chi connectivity index (χ0v) is 9.87. The molecule has 0 aliphatic carbocycles. The quantitative estimate of drug-likeness (QED) is 0.873. The van der Waals surface area contributed by atoms with Gasteiger partial charge in [-0.3, -0.25) is 0 Å². The predicted molar refractivity (Wildman–Crippen MR) is 65.3 cm³/mol. The fourth-order valence-electron chi connectivity index (χ4n) is 1.63. The molecule has 1 aliphatic rings. The van der Waals surface area contributed by atoms with Crippen molar-refractivity contribution in [2.24, 2.45) is 5.92 Å². The molecular formula is C11H13ClFNS. The Hall–Kier alpha value is -0.410. The molecule has 0 saturated carbocycles. The molecule has 0 bridgehead atoms. The number of hydrogen-bond donors (Lipinski definition) is 1. The number of benzene rings is 1. The molecule has 0 radical (unpaired) electrons. The van der Waals surface area contributed by atoms with Gasteiger partial charge < -0.3 is 5.32 Å². The highest BCUT2D eigenvalue weighted by Crippen LogP contribution is 2.26. The first kappa shape index (κ1) is 11.1. The van der Waals surface area contributed by atoms with Crippen molar-refractivity contribution >= 4 is 29.1 Å². The summed E-state index contributed by atoms with van der Waals surface area (Å²) in [6.07, 6.45) is 1.26. The summed E-state index contributed by atoms with van der Waals surface area (Å²) >= 11 is 7.90. The van der Waals surface area contributed by atoms with Crippen LogP contribution >= 0.6 is 23.4 Å². The Morgan fingerprint density at radius 2 is 2.40 bits per heavy atom. The summed E-state index contributed by atoms with van der Waals surface area (Å²) in [5.41, 5.74) is 0.829. The van der Waals surface area contributed by atoms with Gasteiger partial charge in [-0.25, -0.2) is 4.39 Å². The number of anilines is 1. The van der Waals surface area contributed by atoms with Gasteiger partial charge in [-0.15, -0.1) is 0 Å². The van der Waals surface area contributed by atoms with Gasteiger partial charge in [-0.05, 0) is 42.0 Å². The lowest BCUT2D eigenvalue weighted by molar-refractivity contribution is 0.625. The summed E-state index contributed by atoms with van der Waals surface area (Å²) in [7, 11) is 0. The third-order valence-electron chi connectivity index (χ3n) is 2.54. The Labute approximate surface area is 98.4 Å². The Bertz CT molecular complexity index is 339. The first-order valence-corrected chi connectivity index (χ1v) is 6.55. The van der Waals surface area contributed by atoms with Gasteiger partial charge in [0.15, 0.2) is 0 Å². The van der Waals surface area contributed by atoms with Crippen LogP contribution in [-0.2, 0) is 0 Å². The van der Waals surface area contributed by atoms with Crippen LogP contribution in [0.5, 0.6) is 0 Å². The molecule has 82 valence electrons. The van der Waals surface area contributed by atoms with Crippen molar-refractivity contribution in [3.8, 4) is 0 Å². The summed E-state index contributed by atoms with van der Waals surface area (Å²) < 4.78 is 12.8. The van der Waals surface area contributed by atoms with E-state index in [2.05, 4.69) is 5.32 Å².